The van der Waals surface area contributed by atoms with Crippen molar-refractivity contribution in [2.24, 2.45) is 5.92 Å². The first-order valence-corrected chi connectivity index (χ1v) is 6.77. The molecular weight excluding hydrogens is 285 g/mol. The first-order chi connectivity index (χ1) is 8.25. The summed E-state index contributed by atoms with van der Waals surface area (Å²) in [5.41, 5.74) is 1.10. The number of ether oxygens (including phenoxy) is 1. The smallest absolute Gasteiger partial charge is 0.137 e. The summed E-state index contributed by atoms with van der Waals surface area (Å²) in [5.74, 6) is 0.499. The van der Waals surface area contributed by atoms with Crippen LogP contribution >= 0.6 is 15.9 Å². The zero-order valence-corrected chi connectivity index (χ0v) is 11.3. The standard InChI is InChI=1S/C13H17BrFNO/c14-12-7-11(1-2-13(12)15)8-16-5-3-10-4-6-17-9-10/h1-2,7,10,16H,3-6,8-9H2. The van der Waals surface area contributed by atoms with Crippen molar-refractivity contribution in [3.8, 4) is 0 Å². The van der Waals surface area contributed by atoms with Gasteiger partial charge < -0.3 is 10.1 Å². The molecule has 2 nitrogen and oxygen atoms in total. The fourth-order valence-electron chi connectivity index (χ4n) is 2.00. The van der Waals surface area contributed by atoms with E-state index in [0.29, 0.717) is 10.4 Å². The van der Waals surface area contributed by atoms with E-state index in [1.54, 1.807) is 0 Å². The molecule has 0 spiro atoms. The third kappa shape index (κ3) is 4.05. The van der Waals surface area contributed by atoms with Gasteiger partial charge in [-0.25, -0.2) is 4.39 Å². The highest BCUT2D eigenvalue weighted by atomic mass is 79.9. The van der Waals surface area contributed by atoms with E-state index in [0.717, 1.165) is 38.3 Å². The Balaban J connectivity index is 1.68. The molecule has 17 heavy (non-hydrogen) atoms. The molecule has 0 radical (unpaired) electrons. The van der Waals surface area contributed by atoms with Gasteiger partial charge in [-0.05, 0) is 58.9 Å². The summed E-state index contributed by atoms with van der Waals surface area (Å²) in [4.78, 5) is 0. The van der Waals surface area contributed by atoms with Gasteiger partial charge in [-0.1, -0.05) is 6.07 Å². The van der Waals surface area contributed by atoms with Crippen LogP contribution in [0.4, 0.5) is 4.39 Å². The predicted octanol–water partition coefficient (Wildman–Crippen LogP) is 3.10. The van der Waals surface area contributed by atoms with Crippen LogP contribution in [0.2, 0.25) is 0 Å². The maximum Gasteiger partial charge on any atom is 0.137 e. The molecule has 0 aliphatic carbocycles. The first-order valence-electron chi connectivity index (χ1n) is 5.98. The summed E-state index contributed by atoms with van der Waals surface area (Å²) in [6.07, 6.45) is 2.34. The average molecular weight is 302 g/mol. The van der Waals surface area contributed by atoms with Crippen molar-refractivity contribution >= 4 is 15.9 Å². The molecule has 0 bridgehead atoms. The quantitative estimate of drug-likeness (QED) is 0.844. The van der Waals surface area contributed by atoms with Gasteiger partial charge in [-0.15, -0.1) is 0 Å². The van der Waals surface area contributed by atoms with Crippen LogP contribution in [-0.4, -0.2) is 19.8 Å². The van der Waals surface area contributed by atoms with Crippen LogP contribution in [0.15, 0.2) is 22.7 Å². The molecule has 1 aromatic rings. The van der Waals surface area contributed by atoms with E-state index in [4.69, 9.17) is 4.74 Å². The van der Waals surface area contributed by atoms with Gasteiger partial charge in [0.25, 0.3) is 0 Å². The van der Waals surface area contributed by atoms with E-state index < -0.39 is 0 Å². The molecule has 1 saturated heterocycles. The molecule has 0 saturated carbocycles. The minimum absolute atomic E-state index is 0.211. The minimum Gasteiger partial charge on any atom is -0.381 e. The Morgan fingerprint density at radius 1 is 1.47 bits per heavy atom. The molecule has 1 unspecified atom stereocenters. The number of rotatable bonds is 5. The van der Waals surface area contributed by atoms with E-state index in [1.807, 2.05) is 12.1 Å². The van der Waals surface area contributed by atoms with Gasteiger partial charge in [0.2, 0.25) is 0 Å². The van der Waals surface area contributed by atoms with Crippen LogP contribution < -0.4 is 5.32 Å². The Morgan fingerprint density at radius 3 is 3.06 bits per heavy atom. The van der Waals surface area contributed by atoms with Crippen LogP contribution in [0, 0.1) is 11.7 Å². The Kier molecular flexibility index (Phi) is 4.95. The molecule has 1 N–H and O–H groups in total. The Morgan fingerprint density at radius 2 is 2.35 bits per heavy atom. The number of nitrogens with one attached hydrogen (secondary N) is 1. The highest BCUT2D eigenvalue weighted by Gasteiger charge is 2.14. The largest absolute Gasteiger partial charge is 0.381 e. The Labute approximate surface area is 110 Å². The van der Waals surface area contributed by atoms with Crippen LogP contribution in [0.25, 0.3) is 0 Å². The molecule has 1 aliphatic rings. The Hall–Kier alpha value is -0.450. The highest BCUT2D eigenvalue weighted by molar-refractivity contribution is 9.10. The molecule has 4 heteroatoms. The molecule has 1 aromatic carbocycles. The van der Waals surface area contributed by atoms with Crippen LogP contribution in [0.5, 0.6) is 0 Å². The molecule has 1 aliphatic heterocycles. The van der Waals surface area contributed by atoms with Crippen LogP contribution in [0.3, 0.4) is 0 Å². The first kappa shape index (κ1) is 13.0. The van der Waals surface area contributed by atoms with E-state index in [2.05, 4.69) is 21.2 Å². The lowest BCUT2D eigenvalue weighted by Crippen LogP contribution is -2.18. The summed E-state index contributed by atoms with van der Waals surface area (Å²) in [6, 6.07) is 5.12. The molecule has 0 amide bonds. The summed E-state index contributed by atoms with van der Waals surface area (Å²) in [6.45, 7) is 3.59. The lowest BCUT2D eigenvalue weighted by Gasteiger charge is -2.09. The maximum absolute atomic E-state index is 13.0. The zero-order valence-electron chi connectivity index (χ0n) is 9.72. The monoisotopic (exact) mass is 301 g/mol. The van der Waals surface area contributed by atoms with Gasteiger partial charge in [-0.3, -0.25) is 0 Å². The summed E-state index contributed by atoms with van der Waals surface area (Å²) >= 11 is 3.19. The second-order valence-electron chi connectivity index (χ2n) is 4.44. The predicted molar refractivity (Wildman–Crippen MR) is 69.3 cm³/mol. The highest BCUT2D eigenvalue weighted by Crippen LogP contribution is 2.17. The van der Waals surface area contributed by atoms with E-state index in [9.17, 15) is 4.39 Å². The van der Waals surface area contributed by atoms with Crippen molar-refractivity contribution < 1.29 is 9.13 Å². The molecular formula is C13H17BrFNO. The lowest BCUT2D eigenvalue weighted by atomic mass is 10.1. The van der Waals surface area contributed by atoms with Gasteiger partial charge >= 0.3 is 0 Å². The van der Waals surface area contributed by atoms with Gasteiger partial charge in [0.1, 0.15) is 5.82 Å². The van der Waals surface area contributed by atoms with Crippen molar-refractivity contribution in [1.82, 2.24) is 5.32 Å². The summed E-state index contributed by atoms with van der Waals surface area (Å²) in [7, 11) is 0. The molecule has 0 aromatic heterocycles. The number of hydrogen-bond acceptors (Lipinski definition) is 2. The van der Waals surface area contributed by atoms with E-state index in [-0.39, 0.29) is 5.82 Å². The van der Waals surface area contributed by atoms with Gasteiger partial charge in [0.05, 0.1) is 4.47 Å². The van der Waals surface area contributed by atoms with Gasteiger partial charge in [0, 0.05) is 19.8 Å². The van der Waals surface area contributed by atoms with Crippen LogP contribution in [0.1, 0.15) is 18.4 Å². The number of halogens is 2. The number of benzene rings is 1. The third-order valence-corrected chi connectivity index (χ3v) is 3.67. The second-order valence-corrected chi connectivity index (χ2v) is 5.30. The van der Waals surface area contributed by atoms with Gasteiger partial charge in [-0.2, -0.15) is 0 Å². The van der Waals surface area contributed by atoms with Crippen molar-refractivity contribution in [2.75, 3.05) is 19.8 Å². The zero-order chi connectivity index (χ0) is 12.1. The van der Waals surface area contributed by atoms with Crippen molar-refractivity contribution in [3.05, 3.63) is 34.1 Å². The topological polar surface area (TPSA) is 21.3 Å². The summed E-state index contributed by atoms with van der Waals surface area (Å²) in [5, 5.41) is 3.38. The molecule has 1 atom stereocenters. The SMILES string of the molecule is Fc1ccc(CNCCC2CCOC2)cc1Br. The van der Waals surface area contributed by atoms with Crippen molar-refractivity contribution in [3.63, 3.8) is 0 Å². The molecule has 1 heterocycles. The molecule has 94 valence electrons. The number of hydrogen-bond donors (Lipinski definition) is 1. The third-order valence-electron chi connectivity index (χ3n) is 3.07. The summed E-state index contributed by atoms with van der Waals surface area (Å²) < 4.78 is 18.9. The minimum atomic E-state index is -0.211. The fourth-order valence-corrected chi connectivity index (χ4v) is 2.43. The fraction of sp³-hybridized carbons (Fsp3) is 0.538. The van der Waals surface area contributed by atoms with E-state index in [1.165, 1.54) is 12.5 Å². The van der Waals surface area contributed by atoms with Gasteiger partial charge in [0.15, 0.2) is 0 Å². The maximum atomic E-state index is 13.0. The lowest BCUT2D eigenvalue weighted by molar-refractivity contribution is 0.184. The van der Waals surface area contributed by atoms with Crippen molar-refractivity contribution in [1.29, 1.82) is 0 Å². The van der Waals surface area contributed by atoms with Crippen molar-refractivity contribution in [2.45, 2.75) is 19.4 Å². The molecule has 2 rings (SSSR count). The molecule has 1 fully saturated rings. The normalized spacial score (nSPS) is 19.8. The second kappa shape index (κ2) is 6.47. The van der Waals surface area contributed by atoms with Crippen LogP contribution in [-0.2, 0) is 11.3 Å². The Bertz CT molecular complexity index is 366. The van der Waals surface area contributed by atoms with E-state index >= 15 is 0 Å². The average Bonchev–Trinajstić information content (AvgIpc) is 2.82.